The highest BCUT2D eigenvalue weighted by atomic mass is 19.1. The van der Waals surface area contributed by atoms with Crippen LogP contribution in [0.1, 0.15) is 49.9 Å². The van der Waals surface area contributed by atoms with Crippen LogP contribution in [-0.2, 0) is 32.0 Å². The lowest BCUT2D eigenvalue weighted by Crippen LogP contribution is -2.67. The van der Waals surface area contributed by atoms with E-state index in [2.05, 4.69) is 10.6 Å². The molecular weight excluding hydrogens is 477 g/mol. The van der Waals surface area contributed by atoms with Crippen LogP contribution in [0, 0.1) is 17.7 Å². The standard InChI is InChI=1S/C28H32FN3O5/c1-15(2)12-22-25(33)31-23(20-13-18-6-4-5-7-19(18)14-20)27(35)32(22)24(17-8-10-21(29)11-9-17)26(34)30-16(3)28(36)37/h4-11,15-16,20,22-24H,12-14H2,1-3H3,(H,30,34)(H,31,33)(H,36,37)/t16?,22-,23-,24-/m1/s1. The first-order valence-electron chi connectivity index (χ1n) is 12.5. The van der Waals surface area contributed by atoms with Crippen LogP contribution in [0.4, 0.5) is 4.39 Å². The van der Waals surface area contributed by atoms with Crippen LogP contribution in [0.2, 0.25) is 0 Å². The third kappa shape index (κ3) is 5.50. The summed E-state index contributed by atoms with van der Waals surface area (Å²) in [7, 11) is 0. The molecule has 4 atom stereocenters. The van der Waals surface area contributed by atoms with E-state index in [1.165, 1.54) is 36.1 Å². The number of nitrogens with one attached hydrogen (secondary N) is 2. The average molecular weight is 510 g/mol. The lowest BCUT2D eigenvalue weighted by atomic mass is 9.88. The minimum atomic E-state index is -1.31. The molecule has 196 valence electrons. The Kier molecular flexibility index (Phi) is 7.61. The van der Waals surface area contributed by atoms with Gasteiger partial charge >= 0.3 is 5.97 Å². The minimum absolute atomic E-state index is 0.0215. The van der Waals surface area contributed by atoms with Crippen molar-refractivity contribution in [3.05, 3.63) is 71.0 Å². The molecule has 0 bridgehead atoms. The molecule has 0 radical (unpaired) electrons. The third-order valence-corrected chi connectivity index (χ3v) is 7.15. The molecule has 2 aromatic rings. The zero-order valence-corrected chi connectivity index (χ0v) is 21.1. The Morgan fingerprint density at radius 1 is 1.05 bits per heavy atom. The molecule has 4 rings (SSSR count). The van der Waals surface area contributed by atoms with Crippen molar-refractivity contribution in [3.63, 3.8) is 0 Å². The SMILES string of the molecule is CC(C)C[C@@H]1C(=O)N[C@H](C2Cc3ccccc3C2)C(=O)N1[C@@H](C(=O)NC(C)C(=O)O)c1ccc(F)cc1. The van der Waals surface area contributed by atoms with Gasteiger partial charge in [0.05, 0.1) is 0 Å². The Labute approximate surface area is 215 Å². The number of hydrogen-bond donors (Lipinski definition) is 3. The molecule has 37 heavy (non-hydrogen) atoms. The van der Waals surface area contributed by atoms with Crippen LogP contribution in [-0.4, -0.2) is 51.8 Å². The van der Waals surface area contributed by atoms with Crippen LogP contribution >= 0.6 is 0 Å². The van der Waals surface area contributed by atoms with Crippen molar-refractivity contribution in [2.24, 2.45) is 11.8 Å². The number of piperazine rings is 1. The molecule has 1 saturated heterocycles. The topological polar surface area (TPSA) is 116 Å². The number of halogens is 1. The number of hydrogen-bond acceptors (Lipinski definition) is 4. The van der Waals surface area contributed by atoms with Gasteiger partial charge in [0.1, 0.15) is 30.0 Å². The second-order valence-corrected chi connectivity index (χ2v) is 10.3. The first kappa shape index (κ1) is 26.3. The third-order valence-electron chi connectivity index (χ3n) is 7.15. The monoisotopic (exact) mass is 509 g/mol. The van der Waals surface area contributed by atoms with Crippen molar-refractivity contribution in [1.29, 1.82) is 0 Å². The Hall–Kier alpha value is -3.75. The lowest BCUT2D eigenvalue weighted by Gasteiger charge is -2.45. The molecule has 1 heterocycles. The molecule has 1 aliphatic heterocycles. The van der Waals surface area contributed by atoms with Crippen LogP contribution in [0.3, 0.4) is 0 Å². The van der Waals surface area contributed by atoms with Crippen LogP contribution in [0.25, 0.3) is 0 Å². The zero-order valence-electron chi connectivity index (χ0n) is 21.1. The fourth-order valence-corrected chi connectivity index (χ4v) is 5.31. The fourth-order valence-electron chi connectivity index (χ4n) is 5.31. The summed E-state index contributed by atoms with van der Waals surface area (Å²) in [6, 6.07) is 8.67. The molecule has 0 saturated carbocycles. The van der Waals surface area contributed by atoms with Gasteiger partial charge in [-0.1, -0.05) is 50.2 Å². The van der Waals surface area contributed by atoms with E-state index in [-0.39, 0.29) is 17.7 Å². The first-order chi connectivity index (χ1) is 17.6. The summed E-state index contributed by atoms with van der Waals surface area (Å²) in [6.45, 7) is 5.14. The van der Waals surface area contributed by atoms with Crippen molar-refractivity contribution in [2.75, 3.05) is 0 Å². The van der Waals surface area contributed by atoms with Crippen molar-refractivity contribution in [3.8, 4) is 0 Å². The van der Waals surface area contributed by atoms with Crippen molar-refractivity contribution < 1.29 is 28.7 Å². The molecule has 3 amide bonds. The first-order valence-corrected chi connectivity index (χ1v) is 12.5. The number of carbonyl (C=O) groups is 4. The molecule has 0 aromatic heterocycles. The van der Waals surface area contributed by atoms with E-state index in [4.69, 9.17) is 0 Å². The van der Waals surface area contributed by atoms with Gasteiger partial charge in [-0.15, -0.1) is 0 Å². The van der Waals surface area contributed by atoms with E-state index < -0.39 is 47.8 Å². The molecule has 2 aromatic carbocycles. The number of carboxylic acid groups (broad SMARTS) is 1. The van der Waals surface area contributed by atoms with Crippen molar-refractivity contribution in [2.45, 2.75) is 64.2 Å². The van der Waals surface area contributed by atoms with Crippen LogP contribution in [0.5, 0.6) is 0 Å². The maximum Gasteiger partial charge on any atom is 0.325 e. The van der Waals surface area contributed by atoms with E-state index in [1.807, 2.05) is 38.1 Å². The van der Waals surface area contributed by atoms with Gasteiger partial charge in [0.15, 0.2) is 0 Å². The number of carboxylic acids is 1. The molecule has 1 fully saturated rings. The van der Waals surface area contributed by atoms with Gasteiger partial charge in [-0.25, -0.2) is 4.39 Å². The van der Waals surface area contributed by atoms with Gasteiger partial charge in [-0.3, -0.25) is 19.2 Å². The van der Waals surface area contributed by atoms with Gasteiger partial charge < -0.3 is 20.6 Å². The van der Waals surface area contributed by atoms with Crippen LogP contribution < -0.4 is 10.6 Å². The Bertz CT molecular complexity index is 1170. The number of nitrogens with zero attached hydrogens (tertiary/aromatic N) is 1. The predicted molar refractivity (Wildman–Crippen MR) is 134 cm³/mol. The molecule has 2 aliphatic rings. The molecule has 8 nitrogen and oxygen atoms in total. The quantitative estimate of drug-likeness (QED) is 0.506. The van der Waals surface area contributed by atoms with E-state index >= 15 is 0 Å². The van der Waals surface area contributed by atoms with E-state index in [1.54, 1.807) is 0 Å². The summed E-state index contributed by atoms with van der Waals surface area (Å²) < 4.78 is 13.8. The Morgan fingerprint density at radius 3 is 2.19 bits per heavy atom. The van der Waals surface area contributed by atoms with Crippen molar-refractivity contribution in [1.82, 2.24) is 15.5 Å². The molecule has 1 unspecified atom stereocenters. The second-order valence-electron chi connectivity index (χ2n) is 10.3. The number of fused-ring (bicyclic) bond motifs is 1. The van der Waals surface area contributed by atoms with Gasteiger partial charge in [0, 0.05) is 0 Å². The minimum Gasteiger partial charge on any atom is -0.480 e. The largest absolute Gasteiger partial charge is 0.480 e. The van der Waals surface area contributed by atoms with E-state index in [0.717, 1.165) is 11.1 Å². The number of benzene rings is 2. The maximum absolute atomic E-state index is 14.1. The fraction of sp³-hybridized carbons (Fsp3) is 0.429. The van der Waals surface area contributed by atoms with Crippen molar-refractivity contribution >= 4 is 23.7 Å². The normalized spacial score (nSPS) is 21.4. The van der Waals surface area contributed by atoms with E-state index in [9.17, 15) is 28.7 Å². The summed E-state index contributed by atoms with van der Waals surface area (Å²) in [5.41, 5.74) is 2.53. The van der Waals surface area contributed by atoms with Gasteiger partial charge in [-0.2, -0.15) is 0 Å². The molecular formula is C28H32FN3O5. The summed E-state index contributed by atoms with van der Waals surface area (Å²) in [6.07, 6.45) is 1.52. The summed E-state index contributed by atoms with van der Waals surface area (Å²) >= 11 is 0. The maximum atomic E-state index is 14.1. The van der Waals surface area contributed by atoms with Gasteiger partial charge in [0.2, 0.25) is 17.7 Å². The van der Waals surface area contributed by atoms with Gasteiger partial charge in [0.25, 0.3) is 0 Å². The summed E-state index contributed by atoms with van der Waals surface area (Å²) in [5.74, 6) is -3.44. The summed E-state index contributed by atoms with van der Waals surface area (Å²) in [4.78, 5) is 53.9. The number of rotatable bonds is 8. The highest BCUT2D eigenvalue weighted by molar-refractivity contribution is 6.00. The smallest absolute Gasteiger partial charge is 0.325 e. The zero-order chi connectivity index (χ0) is 26.9. The molecule has 0 spiro atoms. The Balaban J connectivity index is 1.75. The molecule has 1 aliphatic carbocycles. The lowest BCUT2D eigenvalue weighted by molar-refractivity contribution is -0.158. The van der Waals surface area contributed by atoms with E-state index in [0.29, 0.717) is 24.8 Å². The molecule has 9 heteroatoms. The number of aliphatic carboxylic acids is 1. The van der Waals surface area contributed by atoms with Gasteiger partial charge in [-0.05, 0) is 66.8 Å². The molecule has 3 N–H and O–H groups in total. The Morgan fingerprint density at radius 2 is 1.65 bits per heavy atom. The highest BCUT2D eigenvalue weighted by Crippen LogP contribution is 2.35. The summed E-state index contributed by atoms with van der Waals surface area (Å²) in [5, 5.41) is 14.7. The van der Waals surface area contributed by atoms with Crippen LogP contribution in [0.15, 0.2) is 48.5 Å². The highest BCUT2D eigenvalue weighted by Gasteiger charge is 2.49. The second kappa shape index (κ2) is 10.7. The average Bonchev–Trinajstić information content (AvgIpc) is 3.28. The predicted octanol–water partition coefficient (Wildman–Crippen LogP) is 2.61. The number of carbonyl (C=O) groups excluding carboxylic acids is 3. The number of amides is 3.